The highest BCUT2D eigenvalue weighted by Gasteiger charge is 2.14. The molecule has 1 heterocycles. The van der Waals surface area contributed by atoms with Crippen LogP contribution >= 0.6 is 0 Å². The fourth-order valence-electron chi connectivity index (χ4n) is 2.20. The Morgan fingerprint density at radius 2 is 2.16 bits per heavy atom. The number of carboxylic acids is 1. The summed E-state index contributed by atoms with van der Waals surface area (Å²) in [5.74, 6) is -0.952. The molecular weight excluding hydrogens is 242 g/mol. The van der Waals surface area contributed by atoms with E-state index in [4.69, 9.17) is 10.8 Å². The van der Waals surface area contributed by atoms with Crippen LogP contribution in [-0.2, 0) is 11.8 Å². The van der Waals surface area contributed by atoms with E-state index in [0.717, 1.165) is 16.6 Å². The third-order valence-electron chi connectivity index (χ3n) is 3.38. The Kier molecular flexibility index (Phi) is 3.76. The van der Waals surface area contributed by atoms with Gasteiger partial charge in [0.05, 0.1) is 5.69 Å². The minimum Gasteiger partial charge on any atom is -0.480 e. The fourth-order valence-corrected chi connectivity index (χ4v) is 2.20. The van der Waals surface area contributed by atoms with Crippen LogP contribution in [0.15, 0.2) is 30.5 Å². The number of para-hydroxylation sites is 1. The van der Waals surface area contributed by atoms with E-state index in [0.29, 0.717) is 13.0 Å². The van der Waals surface area contributed by atoms with Crippen molar-refractivity contribution >= 4 is 22.6 Å². The first-order chi connectivity index (χ1) is 9.00. The molecule has 1 aromatic heterocycles. The summed E-state index contributed by atoms with van der Waals surface area (Å²) in [6.45, 7) is 0.613. The Hall–Kier alpha value is -2.01. The third-order valence-corrected chi connectivity index (χ3v) is 3.38. The summed E-state index contributed by atoms with van der Waals surface area (Å²) in [5, 5.41) is 9.96. The number of fused-ring (bicyclic) bond motifs is 1. The standard InChI is InChI=1S/C14H19N3O2/c1-16(8-7-11(15)14(18)19)13-9-17(2)12-6-4-3-5-10(12)13/h3-6,9,11H,7-8,15H2,1-2H3,(H,18,19). The van der Waals surface area contributed by atoms with Crippen molar-refractivity contribution in [3.8, 4) is 0 Å². The van der Waals surface area contributed by atoms with Crippen LogP contribution in [-0.4, -0.2) is 35.3 Å². The van der Waals surface area contributed by atoms with E-state index in [1.54, 1.807) is 0 Å². The number of hydrogen-bond acceptors (Lipinski definition) is 3. The molecule has 102 valence electrons. The van der Waals surface area contributed by atoms with Crippen molar-refractivity contribution in [2.45, 2.75) is 12.5 Å². The predicted molar refractivity (Wildman–Crippen MR) is 76.4 cm³/mol. The first-order valence-corrected chi connectivity index (χ1v) is 6.24. The lowest BCUT2D eigenvalue weighted by atomic mass is 10.2. The molecule has 1 atom stereocenters. The number of rotatable bonds is 5. The van der Waals surface area contributed by atoms with Gasteiger partial charge in [-0.1, -0.05) is 18.2 Å². The number of carboxylic acid groups (broad SMARTS) is 1. The Bertz CT molecular complexity index is 591. The number of hydrogen-bond donors (Lipinski definition) is 2. The van der Waals surface area contributed by atoms with Crippen molar-refractivity contribution in [1.29, 1.82) is 0 Å². The summed E-state index contributed by atoms with van der Waals surface area (Å²) in [4.78, 5) is 12.8. The molecule has 3 N–H and O–H groups in total. The summed E-state index contributed by atoms with van der Waals surface area (Å²) < 4.78 is 2.07. The molecule has 2 aromatic rings. The quantitative estimate of drug-likeness (QED) is 0.853. The maximum absolute atomic E-state index is 10.7. The average molecular weight is 261 g/mol. The smallest absolute Gasteiger partial charge is 0.320 e. The molecule has 0 aliphatic rings. The molecule has 0 saturated carbocycles. The Morgan fingerprint density at radius 3 is 2.84 bits per heavy atom. The minimum absolute atomic E-state index is 0.426. The van der Waals surface area contributed by atoms with Crippen LogP contribution in [0.1, 0.15) is 6.42 Å². The SMILES string of the molecule is CN(CCC(N)C(=O)O)c1cn(C)c2ccccc12. The molecule has 19 heavy (non-hydrogen) atoms. The number of aliphatic carboxylic acids is 1. The molecule has 0 aliphatic heterocycles. The summed E-state index contributed by atoms with van der Waals surface area (Å²) >= 11 is 0. The molecule has 0 radical (unpaired) electrons. The molecule has 5 nitrogen and oxygen atoms in total. The third kappa shape index (κ3) is 2.71. The van der Waals surface area contributed by atoms with Crippen LogP contribution in [0.3, 0.4) is 0 Å². The van der Waals surface area contributed by atoms with Crippen molar-refractivity contribution in [2.75, 3.05) is 18.5 Å². The van der Waals surface area contributed by atoms with Gasteiger partial charge in [-0.25, -0.2) is 0 Å². The number of carbonyl (C=O) groups is 1. The summed E-state index contributed by atoms with van der Waals surface area (Å²) in [7, 11) is 3.96. The molecule has 0 amide bonds. The Morgan fingerprint density at radius 1 is 1.47 bits per heavy atom. The Labute approximate surface area is 112 Å². The number of aromatic nitrogens is 1. The van der Waals surface area contributed by atoms with E-state index < -0.39 is 12.0 Å². The largest absolute Gasteiger partial charge is 0.480 e. The monoisotopic (exact) mass is 261 g/mol. The van der Waals surface area contributed by atoms with Gasteiger partial charge in [-0.2, -0.15) is 0 Å². The number of benzene rings is 1. The zero-order chi connectivity index (χ0) is 14.0. The van der Waals surface area contributed by atoms with Gasteiger partial charge in [-0.05, 0) is 12.5 Å². The predicted octanol–water partition coefficient (Wildman–Crippen LogP) is 1.42. The molecule has 2 rings (SSSR count). The maximum Gasteiger partial charge on any atom is 0.320 e. The molecule has 0 saturated heterocycles. The van der Waals surface area contributed by atoms with Crippen LogP contribution in [0.2, 0.25) is 0 Å². The van der Waals surface area contributed by atoms with Crippen molar-refractivity contribution in [3.05, 3.63) is 30.5 Å². The van der Waals surface area contributed by atoms with Gasteiger partial charge in [0, 0.05) is 37.7 Å². The van der Waals surface area contributed by atoms with Gasteiger partial charge in [-0.15, -0.1) is 0 Å². The molecular formula is C14H19N3O2. The lowest BCUT2D eigenvalue weighted by Gasteiger charge is -2.19. The van der Waals surface area contributed by atoms with Crippen molar-refractivity contribution < 1.29 is 9.90 Å². The normalized spacial score (nSPS) is 12.6. The lowest BCUT2D eigenvalue weighted by Crippen LogP contribution is -2.34. The van der Waals surface area contributed by atoms with Crippen molar-refractivity contribution in [1.82, 2.24) is 4.57 Å². The van der Waals surface area contributed by atoms with Crippen molar-refractivity contribution in [3.63, 3.8) is 0 Å². The van der Waals surface area contributed by atoms with E-state index in [-0.39, 0.29) is 0 Å². The van der Waals surface area contributed by atoms with Crippen molar-refractivity contribution in [2.24, 2.45) is 12.8 Å². The zero-order valence-electron chi connectivity index (χ0n) is 11.2. The second-order valence-electron chi connectivity index (χ2n) is 4.80. The number of nitrogens with two attached hydrogens (primary N) is 1. The number of aryl methyl sites for hydroxylation is 1. The van der Waals surface area contributed by atoms with Crippen LogP contribution in [0.5, 0.6) is 0 Å². The highest BCUT2D eigenvalue weighted by molar-refractivity contribution is 5.93. The van der Waals surface area contributed by atoms with E-state index in [9.17, 15) is 4.79 Å². The van der Waals surface area contributed by atoms with Crippen LogP contribution < -0.4 is 10.6 Å². The highest BCUT2D eigenvalue weighted by Crippen LogP contribution is 2.27. The summed E-state index contributed by atoms with van der Waals surface area (Å²) in [5.41, 5.74) is 7.78. The minimum atomic E-state index is -0.952. The molecule has 0 fully saturated rings. The Balaban J connectivity index is 2.18. The van der Waals surface area contributed by atoms with Gasteiger partial charge in [0.1, 0.15) is 6.04 Å². The molecule has 0 bridgehead atoms. The number of nitrogens with zero attached hydrogens (tertiary/aromatic N) is 2. The lowest BCUT2D eigenvalue weighted by molar-refractivity contribution is -0.138. The van der Waals surface area contributed by atoms with Gasteiger partial charge in [0.25, 0.3) is 0 Å². The van der Waals surface area contributed by atoms with E-state index in [2.05, 4.69) is 22.9 Å². The topological polar surface area (TPSA) is 71.5 Å². The summed E-state index contributed by atoms with van der Waals surface area (Å²) in [6, 6.07) is 7.33. The van der Waals surface area contributed by atoms with Crippen LogP contribution in [0.25, 0.3) is 10.9 Å². The van der Waals surface area contributed by atoms with Crippen LogP contribution in [0.4, 0.5) is 5.69 Å². The second kappa shape index (κ2) is 5.32. The zero-order valence-corrected chi connectivity index (χ0v) is 11.2. The van der Waals surface area contributed by atoms with Gasteiger partial charge < -0.3 is 20.3 Å². The average Bonchev–Trinajstić information content (AvgIpc) is 2.73. The molecule has 5 heteroatoms. The molecule has 0 aliphatic carbocycles. The first kappa shape index (κ1) is 13.4. The van der Waals surface area contributed by atoms with E-state index >= 15 is 0 Å². The molecule has 1 unspecified atom stereocenters. The van der Waals surface area contributed by atoms with Gasteiger partial charge in [0.15, 0.2) is 0 Å². The van der Waals surface area contributed by atoms with Gasteiger partial charge in [-0.3, -0.25) is 4.79 Å². The number of anilines is 1. The first-order valence-electron chi connectivity index (χ1n) is 6.24. The van der Waals surface area contributed by atoms with Gasteiger partial charge in [0.2, 0.25) is 0 Å². The fraction of sp³-hybridized carbons (Fsp3) is 0.357. The summed E-state index contributed by atoms with van der Waals surface area (Å²) in [6.07, 6.45) is 2.48. The highest BCUT2D eigenvalue weighted by atomic mass is 16.4. The van der Waals surface area contributed by atoms with E-state index in [1.165, 1.54) is 0 Å². The van der Waals surface area contributed by atoms with Crippen LogP contribution in [0, 0.1) is 0 Å². The maximum atomic E-state index is 10.7. The molecule has 1 aromatic carbocycles. The molecule has 0 spiro atoms. The van der Waals surface area contributed by atoms with E-state index in [1.807, 2.05) is 31.1 Å². The second-order valence-corrected chi connectivity index (χ2v) is 4.80. The van der Waals surface area contributed by atoms with Gasteiger partial charge >= 0.3 is 5.97 Å².